The second-order valence-corrected chi connectivity index (χ2v) is 7.68. The zero-order chi connectivity index (χ0) is 15.5. The van der Waals surface area contributed by atoms with E-state index in [-0.39, 0.29) is 17.8 Å². The Labute approximate surface area is 126 Å². The molecule has 2 atom stereocenters. The van der Waals surface area contributed by atoms with E-state index in [1.165, 1.54) is 18.2 Å². The van der Waals surface area contributed by atoms with Crippen LogP contribution < -0.4 is 4.72 Å². The van der Waals surface area contributed by atoms with Crippen LogP contribution in [0.2, 0.25) is 0 Å². The lowest BCUT2D eigenvalue weighted by Gasteiger charge is -2.36. The molecule has 1 N–H and O–H groups in total. The number of rotatable bonds is 5. The van der Waals surface area contributed by atoms with Gasteiger partial charge in [0, 0.05) is 12.1 Å². The summed E-state index contributed by atoms with van der Waals surface area (Å²) in [4.78, 5) is 2.08. The topological polar surface area (TPSA) is 49.4 Å². The van der Waals surface area contributed by atoms with Gasteiger partial charge in [-0.3, -0.25) is 0 Å². The van der Waals surface area contributed by atoms with Gasteiger partial charge in [0.2, 0.25) is 10.0 Å². The van der Waals surface area contributed by atoms with E-state index in [0.717, 1.165) is 25.7 Å². The molecule has 118 valence electrons. The fraction of sp³-hybridized carbons (Fsp3) is 0.600. The minimum atomic E-state index is -3.46. The Hall–Kier alpha value is -0.980. The number of hydrogen-bond donors (Lipinski definition) is 1. The van der Waals surface area contributed by atoms with Gasteiger partial charge in [-0.15, -0.1) is 0 Å². The molecule has 21 heavy (non-hydrogen) atoms. The van der Waals surface area contributed by atoms with Crippen LogP contribution in [0.15, 0.2) is 24.3 Å². The van der Waals surface area contributed by atoms with Crippen molar-refractivity contribution in [3.05, 3.63) is 35.6 Å². The third-order valence-electron chi connectivity index (χ3n) is 3.97. The molecule has 6 heteroatoms. The largest absolute Gasteiger partial charge is 0.305 e. The van der Waals surface area contributed by atoms with Gasteiger partial charge < -0.3 is 4.90 Å². The van der Waals surface area contributed by atoms with E-state index in [4.69, 9.17) is 0 Å². The first kappa shape index (κ1) is 16.4. The molecule has 0 amide bonds. The van der Waals surface area contributed by atoms with E-state index >= 15 is 0 Å². The van der Waals surface area contributed by atoms with Gasteiger partial charge in [-0.25, -0.2) is 17.5 Å². The van der Waals surface area contributed by atoms with Gasteiger partial charge in [0.05, 0.1) is 5.75 Å². The van der Waals surface area contributed by atoms with Crippen molar-refractivity contribution >= 4 is 10.0 Å². The van der Waals surface area contributed by atoms with Crippen LogP contribution in [0.4, 0.5) is 4.39 Å². The van der Waals surface area contributed by atoms with Gasteiger partial charge in [-0.2, -0.15) is 0 Å². The van der Waals surface area contributed by atoms with Crippen LogP contribution in [0.1, 0.15) is 31.2 Å². The minimum absolute atomic E-state index is 0.0627. The molecule has 1 fully saturated rings. The fourth-order valence-corrected chi connectivity index (χ4v) is 4.42. The molecule has 0 aromatic heterocycles. The van der Waals surface area contributed by atoms with Crippen LogP contribution in [0.25, 0.3) is 0 Å². The van der Waals surface area contributed by atoms with Gasteiger partial charge in [-0.05, 0) is 44.6 Å². The fourth-order valence-electron chi connectivity index (χ4n) is 2.99. The molecule has 0 radical (unpaired) electrons. The molecule has 0 aliphatic heterocycles. The SMILES string of the molecule is CN(C)C1CCCCC1NS(=O)(=O)Cc1cccc(F)c1. The van der Waals surface area contributed by atoms with E-state index in [2.05, 4.69) is 9.62 Å². The van der Waals surface area contributed by atoms with Crippen LogP contribution in [0, 0.1) is 5.82 Å². The van der Waals surface area contributed by atoms with Crippen molar-refractivity contribution in [3.63, 3.8) is 0 Å². The van der Waals surface area contributed by atoms with E-state index in [1.807, 2.05) is 14.1 Å². The third kappa shape index (κ3) is 4.76. The van der Waals surface area contributed by atoms with Crippen molar-refractivity contribution in [1.82, 2.24) is 9.62 Å². The van der Waals surface area contributed by atoms with Gasteiger partial charge in [0.1, 0.15) is 5.82 Å². The van der Waals surface area contributed by atoms with Crippen LogP contribution in [-0.2, 0) is 15.8 Å². The molecule has 0 spiro atoms. The zero-order valence-corrected chi connectivity index (χ0v) is 13.4. The number of benzene rings is 1. The standard InChI is InChI=1S/C15H23FN2O2S/c1-18(2)15-9-4-3-8-14(15)17-21(19,20)11-12-6-5-7-13(16)10-12/h5-7,10,14-15,17H,3-4,8-9,11H2,1-2H3. The monoisotopic (exact) mass is 314 g/mol. The van der Waals surface area contributed by atoms with Crippen LogP contribution in [-0.4, -0.2) is 39.5 Å². The molecule has 4 nitrogen and oxygen atoms in total. The number of sulfonamides is 1. The average molecular weight is 314 g/mol. The maximum Gasteiger partial charge on any atom is 0.216 e. The van der Waals surface area contributed by atoms with Crippen molar-refractivity contribution in [2.45, 2.75) is 43.5 Å². The highest BCUT2D eigenvalue weighted by atomic mass is 32.2. The summed E-state index contributed by atoms with van der Waals surface area (Å²) in [6, 6.07) is 5.90. The Morgan fingerprint density at radius 1 is 1.29 bits per heavy atom. The molecule has 1 saturated carbocycles. The zero-order valence-electron chi connectivity index (χ0n) is 12.5. The Bertz CT molecular complexity index is 575. The molecule has 2 unspecified atom stereocenters. The highest BCUT2D eigenvalue weighted by Gasteiger charge is 2.30. The van der Waals surface area contributed by atoms with Crippen molar-refractivity contribution in [3.8, 4) is 0 Å². The molecule has 0 saturated heterocycles. The molecule has 2 rings (SSSR count). The summed E-state index contributed by atoms with van der Waals surface area (Å²) < 4.78 is 40.5. The normalized spacial score (nSPS) is 23.4. The molecule has 1 aliphatic rings. The molecule has 1 aliphatic carbocycles. The van der Waals surface area contributed by atoms with Crippen molar-refractivity contribution in [2.24, 2.45) is 0 Å². The first-order valence-electron chi connectivity index (χ1n) is 7.28. The maximum absolute atomic E-state index is 13.1. The number of halogens is 1. The average Bonchev–Trinajstić information content (AvgIpc) is 2.37. The first-order chi connectivity index (χ1) is 9.87. The smallest absolute Gasteiger partial charge is 0.216 e. The number of likely N-dealkylation sites (N-methyl/N-ethyl adjacent to an activating group) is 1. The van der Waals surface area contributed by atoms with Gasteiger partial charge in [-0.1, -0.05) is 25.0 Å². The third-order valence-corrected chi connectivity index (χ3v) is 5.34. The van der Waals surface area contributed by atoms with Crippen molar-refractivity contribution < 1.29 is 12.8 Å². The van der Waals surface area contributed by atoms with Gasteiger partial charge >= 0.3 is 0 Å². The maximum atomic E-state index is 13.1. The lowest BCUT2D eigenvalue weighted by atomic mass is 9.90. The Balaban J connectivity index is 2.06. The summed E-state index contributed by atoms with van der Waals surface area (Å²) in [5, 5.41) is 0. The molecular formula is C15H23FN2O2S. The minimum Gasteiger partial charge on any atom is -0.305 e. The predicted octanol–water partition coefficient (Wildman–Crippen LogP) is 2.12. The summed E-state index contributed by atoms with van der Waals surface area (Å²) in [6.07, 6.45) is 4.02. The second kappa shape index (κ2) is 6.85. The van der Waals surface area contributed by atoms with Crippen LogP contribution >= 0.6 is 0 Å². The Kier molecular flexibility index (Phi) is 5.35. The summed E-state index contributed by atoms with van der Waals surface area (Å²) in [6.45, 7) is 0. The highest BCUT2D eigenvalue weighted by Crippen LogP contribution is 2.22. The van der Waals surface area contributed by atoms with E-state index in [9.17, 15) is 12.8 Å². The molecule has 1 aromatic carbocycles. The lowest BCUT2D eigenvalue weighted by Crippen LogP contribution is -2.51. The van der Waals surface area contributed by atoms with Gasteiger partial charge in [0.25, 0.3) is 0 Å². The summed E-state index contributed by atoms with van der Waals surface area (Å²) in [5.74, 6) is -0.590. The van der Waals surface area contributed by atoms with E-state index in [1.54, 1.807) is 6.07 Å². The van der Waals surface area contributed by atoms with Gasteiger partial charge in [0.15, 0.2) is 0 Å². The molecule has 0 heterocycles. The van der Waals surface area contributed by atoms with E-state index in [0.29, 0.717) is 5.56 Å². The summed E-state index contributed by atoms with van der Waals surface area (Å²) >= 11 is 0. The summed E-state index contributed by atoms with van der Waals surface area (Å²) in [7, 11) is 0.491. The number of nitrogens with zero attached hydrogens (tertiary/aromatic N) is 1. The van der Waals surface area contributed by atoms with Crippen LogP contribution in [0.3, 0.4) is 0 Å². The lowest BCUT2D eigenvalue weighted by molar-refractivity contribution is 0.191. The van der Waals surface area contributed by atoms with Crippen molar-refractivity contribution in [1.29, 1.82) is 0 Å². The van der Waals surface area contributed by atoms with Crippen LogP contribution in [0.5, 0.6) is 0 Å². The van der Waals surface area contributed by atoms with Crippen molar-refractivity contribution in [2.75, 3.05) is 14.1 Å². The summed E-state index contributed by atoms with van der Waals surface area (Å²) in [5.41, 5.74) is 0.472. The molecule has 0 bridgehead atoms. The number of nitrogens with one attached hydrogen (secondary N) is 1. The predicted molar refractivity (Wildman–Crippen MR) is 81.9 cm³/mol. The quantitative estimate of drug-likeness (QED) is 0.905. The second-order valence-electron chi connectivity index (χ2n) is 5.93. The molecular weight excluding hydrogens is 291 g/mol. The van der Waals surface area contributed by atoms with E-state index < -0.39 is 15.8 Å². The number of hydrogen-bond acceptors (Lipinski definition) is 3. The highest BCUT2D eigenvalue weighted by molar-refractivity contribution is 7.88. The Morgan fingerprint density at radius 3 is 2.67 bits per heavy atom. The first-order valence-corrected chi connectivity index (χ1v) is 8.93. The molecule has 1 aromatic rings. The Morgan fingerprint density at radius 2 is 2.00 bits per heavy atom.